The number of nitrogens with one attached hydrogen (secondary N) is 1. The zero-order valence-electron chi connectivity index (χ0n) is 8.58. The van der Waals surface area contributed by atoms with Crippen LogP contribution in [0.3, 0.4) is 0 Å². The molecule has 3 heteroatoms. The third kappa shape index (κ3) is 1.03. The molecule has 0 aromatic heterocycles. The van der Waals surface area contributed by atoms with E-state index in [0.717, 1.165) is 24.0 Å². The molecule has 1 heterocycles. The van der Waals surface area contributed by atoms with Crippen LogP contribution in [0.25, 0.3) is 0 Å². The number of anilines is 1. The standard InChI is InChI=1S/C12H13NO2/c1-6-2-5-9(14)11-10(6)7-3-4-8(7)12(15)13-11/h2,5,7-8,14H,3-4H2,1H3,(H,13,15)/t7?,8-/m1/s1. The Kier molecular flexibility index (Phi) is 1.61. The first-order valence-electron chi connectivity index (χ1n) is 5.32. The Labute approximate surface area is 88.1 Å². The average molecular weight is 203 g/mol. The van der Waals surface area contributed by atoms with Crippen molar-refractivity contribution in [3.05, 3.63) is 23.3 Å². The molecular formula is C12H13NO2. The van der Waals surface area contributed by atoms with Crippen LogP contribution in [0.2, 0.25) is 0 Å². The zero-order valence-corrected chi connectivity index (χ0v) is 8.58. The highest BCUT2D eigenvalue weighted by molar-refractivity contribution is 5.99. The van der Waals surface area contributed by atoms with Gasteiger partial charge in [-0.15, -0.1) is 0 Å². The van der Waals surface area contributed by atoms with Crippen molar-refractivity contribution in [1.82, 2.24) is 0 Å². The van der Waals surface area contributed by atoms with Gasteiger partial charge in [0, 0.05) is 5.92 Å². The van der Waals surface area contributed by atoms with Crippen molar-refractivity contribution in [2.24, 2.45) is 5.92 Å². The van der Waals surface area contributed by atoms with Gasteiger partial charge in [0.2, 0.25) is 5.91 Å². The number of phenols is 1. The summed E-state index contributed by atoms with van der Waals surface area (Å²) in [6, 6.07) is 3.56. The van der Waals surface area contributed by atoms with Crippen LogP contribution in [0.1, 0.15) is 29.9 Å². The lowest BCUT2D eigenvalue weighted by Crippen LogP contribution is -2.40. The van der Waals surface area contributed by atoms with E-state index in [1.54, 1.807) is 6.07 Å². The number of carbonyl (C=O) groups excluding carboxylic acids is 1. The summed E-state index contributed by atoms with van der Waals surface area (Å²) < 4.78 is 0. The van der Waals surface area contributed by atoms with E-state index in [0.29, 0.717) is 11.6 Å². The lowest BCUT2D eigenvalue weighted by molar-refractivity contribution is -0.123. The molecule has 78 valence electrons. The Morgan fingerprint density at radius 2 is 2.07 bits per heavy atom. The molecule has 2 N–H and O–H groups in total. The van der Waals surface area contributed by atoms with E-state index >= 15 is 0 Å². The van der Waals surface area contributed by atoms with Gasteiger partial charge in [-0.3, -0.25) is 4.79 Å². The largest absolute Gasteiger partial charge is 0.506 e. The number of benzene rings is 1. The van der Waals surface area contributed by atoms with Crippen molar-refractivity contribution in [2.45, 2.75) is 25.7 Å². The van der Waals surface area contributed by atoms with Crippen LogP contribution >= 0.6 is 0 Å². The number of fused-ring (bicyclic) bond motifs is 3. The molecule has 1 amide bonds. The van der Waals surface area contributed by atoms with E-state index in [-0.39, 0.29) is 17.6 Å². The van der Waals surface area contributed by atoms with Crippen molar-refractivity contribution in [1.29, 1.82) is 0 Å². The van der Waals surface area contributed by atoms with Gasteiger partial charge < -0.3 is 10.4 Å². The zero-order chi connectivity index (χ0) is 10.6. The number of hydrogen-bond acceptors (Lipinski definition) is 2. The average Bonchev–Trinajstić information content (AvgIpc) is 2.13. The third-order valence-corrected chi connectivity index (χ3v) is 3.67. The van der Waals surface area contributed by atoms with Gasteiger partial charge in [0.25, 0.3) is 0 Å². The van der Waals surface area contributed by atoms with Gasteiger partial charge in [0.1, 0.15) is 5.75 Å². The summed E-state index contributed by atoms with van der Waals surface area (Å²) in [5, 5.41) is 12.5. The molecule has 3 rings (SSSR count). The van der Waals surface area contributed by atoms with Gasteiger partial charge in [-0.05, 0) is 42.9 Å². The molecule has 1 unspecified atom stereocenters. The maximum atomic E-state index is 11.7. The first kappa shape index (κ1) is 8.77. The molecule has 1 aliphatic heterocycles. The maximum absolute atomic E-state index is 11.7. The number of aromatic hydroxyl groups is 1. The highest BCUT2D eigenvalue weighted by atomic mass is 16.3. The van der Waals surface area contributed by atoms with Crippen molar-refractivity contribution >= 4 is 11.6 Å². The highest BCUT2D eigenvalue weighted by Gasteiger charge is 2.43. The number of rotatable bonds is 0. The molecule has 0 saturated heterocycles. The molecule has 15 heavy (non-hydrogen) atoms. The van der Waals surface area contributed by atoms with Crippen LogP contribution in [-0.2, 0) is 4.79 Å². The van der Waals surface area contributed by atoms with Crippen molar-refractivity contribution in [2.75, 3.05) is 5.32 Å². The molecular weight excluding hydrogens is 190 g/mol. The summed E-state index contributed by atoms with van der Waals surface area (Å²) in [6.45, 7) is 2.03. The van der Waals surface area contributed by atoms with E-state index in [2.05, 4.69) is 5.32 Å². The molecule has 2 aliphatic rings. The second-order valence-electron chi connectivity index (χ2n) is 4.47. The van der Waals surface area contributed by atoms with E-state index < -0.39 is 0 Å². The number of hydrogen-bond donors (Lipinski definition) is 2. The predicted molar refractivity (Wildman–Crippen MR) is 56.9 cm³/mol. The minimum absolute atomic E-state index is 0.0691. The van der Waals surface area contributed by atoms with Gasteiger partial charge >= 0.3 is 0 Å². The second kappa shape index (κ2) is 2.75. The first-order valence-corrected chi connectivity index (χ1v) is 5.32. The summed E-state index contributed by atoms with van der Waals surface area (Å²) in [5.41, 5.74) is 2.95. The van der Waals surface area contributed by atoms with Crippen LogP contribution in [-0.4, -0.2) is 11.0 Å². The smallest absolute Gasteiger partial charge is 0.228 e. The molecule has 1 saturated carbocycles. The van der Waals surface area contributed by atoms with Gasteiger partial charge in [0.15, 0.2) is 0 Å². The quantitative estimate of drug-likeness (QED) is 0.635. The van der Waals surface area contributed by atoms with Crippen LogP contribution in [0.5, 0.6) is 5.75 Å². The van der Waals surface area contributed by atoms with Crippen molar-refractivity contribution in [3.63, 3.8) is 0 Å². The molecule has 1 fully saturated rings. The van der Waals surface area contributed by atoms with E-state index in [1.807, 2.05) is 13.0 Å². The van der Waals surface area contributed by atoms with Gasteiger partial charge in [-0.1, -0.05) is 6.07 Å². The third-order valence-electron chi connectivity index (χ3n) is 3.67. The predicted octanol–water partition coefficient (Wildman–Crippen LogP) is 2.15. The molecule has 1 aromatic rings. The Hall–Kier alpha value is -1.51. The van der Waals surface area contributed by atoms with E-state index in [1.165, 1.54) is 0 Å². The number of aryl methyl sites for hydroxylation is 1. The minimum atomic E-state index is 0.0691. The normalized spacial score (nSPS) is 27.4. The van der Waals surface area contributed by atoms with E-state index in [4.69, 9.17) is 0 Å². The Bertz CT molecular complexity index is 453. The molecule has 0 spiro atoms. The fourth-order valence-electron chi connectivity index (χ4n) is 2.70. The Morgan fingerprint density at radius 3 is 2.73 bits per heavy atom. The lowest BCUT2D eigenvalue weighted by Gasteiger charge is -2.41. The first-order chi connectivity index (χ1) is 7.18. The molecule has 1 aromatic carbocycles. The molecule has 3 nitrogen and oxygen atoms in total. The number of amides is 1. The number of carbonyl (C=O) groups is 1. The van der Waals surface area contributed by atoms with Gasteiger partial charge in [0.05, 0.1) is 5.69 Å². The van der Waals surface area contributed by atoms with Crippen LogP contribution in [0.4, 0.5) is 5.69 Å². The summed E-state index contributed by atoms with van der Waals surface area (Å²) in [7, 11) is 0. The topological polar surface area (TPSA) is 49.3 Å². The molecule has 2 atom stereocenters. The summed E-state index contributed by atoms with van der Waals surface area (Å²) in [4.78, 5) is 11.7. The fraction of sp³-hybridized carbons (Fsp3) is 0.417. The fourth-order valence-corrected chi connectivity index (χ4v) is 2.70. The molecule has 1 aliphatic carbocycles. The van der Waals surface area contributed by atoms with E-state index in [9.17, 15) is 9.90 Å². The van der Waals surface area contributed by atoms with Gasteiger partial charge in [-0.25, -0.2) is 0 Å². The summed E-state index contributed by atoms with van der Waals surface area (Å²) in [6.07, 6.45) is 2.04. The Balaban J connectivity index is 2.21. The van der Waals surface area contributed by atoms with Crippen molar-refractivity contribution < 1.29 is 9.90 Å². The lowest BCUT2D eigenvalue weighted by atomic mass is 9.66. The SMILES string of the molecule is Cc1ccc(O)c2c1C1CC[C@H]1C(=O)N2. The molecule has 0 bridgehead atoms. The molecule has 0 radical (unpaired) electrons. The highest BCUT2D eigenvalue weighted by Crippen LogP contribution is 2.51. The van der Waals surface area contributed by atoms with Gasteiger partial charge in [-0.2, -0.15) is 0 Å². The number of phenolic OH excluding ortho intramolecular Hbond substituents is 1. The van der Waals surface area contributed by atoms with Crippen LogP contribution in [0, 0.1) is 12.8 Å². The second-order valence-corrected chi connectivity index (χ2v) is 4.47. The maximum Gasteiger partial charge on any atom is 0.228 e. The summed E-state index contributed by atoms with van der Waals surface area (Å²) in [5.74, 6) is 0.729. The van der Waals surface area contributed by atoms with Crippen LogP contribution in [0.15, 0.2) is 12.1 Å². The summed E-state index contributed by atoms with van der Waals surface area (Å²) >= 11 is 0. The Morgan fingerprint density at radius 1 is 1.33 bits per heavy atom. The minimum Gasteiger partial charge on any atom is -0.506 e. The monoisotopic (exact) mass is 203 g/mol. The van der Waals surface area contributed by atoms with Crippen molar-refractivity contribution in [3.8, 4) is 5.75 Å². The van der Waals surface area contributed by atoms with Crippen LogP contribution < -0.4 is 5.32 Å².